The van der Waals surface area contributed by atoms with Crippen molar-refractivity contribution in [2.24, 2.45) is 11.3 Å². The van der Waals surface area contributed by atoms with Gasteiger partial charge in [-0.05, 0) is 32.9 Å². The molecule has 0 radical (unpaired) electrons. The number of carbonyl (C=O) groups is 4. The van der Waals surface area contributed by atoms with Crippen molar-refractivity contribution >= 4 is 33.7 Å². The van der Waals surface area contributed by atoms with E-state index in [0.29, 0.717) is 5.06 Å². The van der Waals surface area contributed by atoms with E-state index in [1.165, 1.54) is 17.0 Å². The molecule has 31 heavy (non-hydrogen) atoms. The molecule has 0 saturated carbocycles. The Morgan fingerprint density at radius 2 is 1.61 bits per heavy atom. The molecule has 166 valence electrons. The van der Waals surface area contributed by atoms with Crippen LogP contribution in [-0.2, 0) is 24.2 Å². The van der Waals surface area contributed by atoms with Gasteiger partial charge in [0.25, 0.3) is 11.8 Å². The normalized spacial score (nSPS) is 23.5. The lowest BCUT2D eigenvalue weighted by atomic mass is 9.72. The number of rotatable bonds is 2. The molecule has 0 aromatic heterocycles. The first-order valence-electron chi connectivity index (χ1n) is 9.70. The van der Waals surface area contributed by atoms with E-state index in [-0.39, 0.29) is 30.0 Å². The topological polar surface area (TPSA) is 127 Å². The average Bonchev–Trinajstić information content (AvgIpc) is 3.05. The first kappa shape index (κ1) is 21.3. The SMILES string of the molecule is CC(C)(C)OC(=O)N1CC2(C1)CS(=O)(=O)CC2C(=O)ON1C(=O)c2ccccc2C1=O. The Hall–Kier alpha value is -2.95. The van der Waals surface area contributed by atoms with Crippen molar-refractivity contribution in [2.75, 3.05) is 24.6 Å². The molecule has 1 atom stereocenters. The third-order valence-electron chi connectivity index (χ3n) is 5.55. The van der Waals surface area contributed by atoms with Crippen LogP contribution in [0.2, 0.25) is 0 Å². The average molecular weight is 450 g/mol. The van der Waals surface area contributed by atoms with Crippen LogP contribution >= 0.6 is 0 Å². The van der Waals surface area contributed by atoms with Crippen molar-refractivity contribution < 1.29 is 37.2 Å². The van der Waals surface area contributed by atoms with Crippen LogP contribution in [0.3, 0.4) is 0 Å². The summed E-state index contributed by atoms with van der Waals surface area (Å²) in [5, 5.41) is 0.371. The predicted molar refractivity (Wildman–Crippen MR) is 105 cm³/mol. The van der Waals surface area contributed by atoms with Crippen molar-refractivity contribution in [3.8, 4) is 0 Å². The molecule has 11 heteroatoms. The molecule has 1 aromatic carbocycles. The molecule has 3 amide bonds. The molecule has 3 heterocycles. The number of nitrogens with zero attached hydrogens (tertiary/aromatic N) is 2. The summed E-state index contributed by atoms with van der Waals surface area (Å²) in [6, 6.07) is 6.03. The van der Waals surface area contributed by atoms with Crippen LogP contribution in [-0.4, -0.2) is 72.5 Å². The minimum atomic E-state index is -3.58. The summed E-state index contributed by atoms with van der Waals surface area (Å²) in [6.07, 6.45) is -0.602. The van der Waals surface area contributed by atoms with Gasteiger partial charge in [0.05, 0.1) is 28.6 Å². The molecule has 0 aliphatic carbocycles. The molecule has 2 fully saturated rings. The molecule has 0 bridgehead atoms. The number of imide groups is 1. The molecule has 1 spiro atoms. The van der Waals surface area contributed by atoms with Crippen molar-refractivity contribution in [3.63, 3.8) is 0 Å². The van der Waals surface area contributed by atoms with Gasteiger partial charge in [-0.25, -0.2) is 18.0 Å². The Morgan fingerprint density at radius 3 is 2.13 bits per heavy atom. The van der Waals surface area contributed by atoms with Crippen molar-refractivity contribution in [2.45, 2.75) is 26.4 Å². The van der Waals surface area contributed by atoms with Crippen LogP contribution in [0.5, 0.6) is 0 Å². The van der Waals surface area contributed by atoms with Crippen LogP contribution in [0.4, 0.5) is 4.79 Å². The van der Waals surface area contributed by atoms with Gasteiger partial charge < -0.3 is 14.5 Å². The molecule has 3 aliphatic heterocycles. The summed E-state index contributed by atoms with van der Waals surface area (Å²) in [5.74, 6) is -4.43. The highest BCUT2D eigenvalue weighted by Gasteiger charge is 2.62. The minimum Gasteiger partial charge on any atom is -0.444 e. The van der Waals surface area contributed by atoms with E-state index >= 15 is 0 Å². The van der Waals surface area contributed by atoms with Crippen molar-refractivity contribution in [3.05, 3.63) is 35.4 Å². The van der Waals surface area contributed by atoms with Crippen molar-refractivity contribution in [1.82, 2.24) is 9.96 Å². The fourth-order valence-electron chi connectivity index (χ4n) is 4.23. The van der Waals surface area contributed by atoms with Gasteiger partial charge in [-0.1, -0.05) is 17.2 Å². The zero-order chi connectivity index (χ0) is 22.8. The lowest BCUT2D eigenvalue weighted by Crippen LogP contribution is -2.64. The van der Waals surface area contributed by atoms with E-state index in [4.69, 9.17) is 9.57 Å². The van der Waals surface area contributed by atoms with E-state index in [1.54, 1.807) is 32.9 Å². The molecule has 2 saturated heterocycles. The van der Waals surface area contributed by atoms with Gasteiger partial charge in [-0.2, -0.15) is 0 Å². The Labute approximate surface area is 178 Å². The molecule has 10 nitrogen and oxygen atoms in total. The molecular formula is C20H22N2O8S. The summed E-state index contributed by atoms with van der Waals surface area (Å²) in [4.78, 5) is 56.4. The Morgan fingerprint density at radius 1 is 1.06 bits per heavy atom. The number of ether oxygens (including phenoxy) is 1. The van der Waals surface area contributed by atoms with Gasteiger partial charge in [-0.3, -0.25) is 9.59 Å². The first-order valence-corrected chi connectivity index (χ1v) is 11.5. The number of hydrogen-bond acceptors (Lipinski definition) is 8. The van der Waals surface area contributed by atoms with Gasteiger partial charge in [0.1, 0.15) is 5.60 Å². The quantitative estimate of drug-likeness (QED) is 0.611. The molecule has 3 aliphatic rings. The van der Waals surface area contributed by atoms with E-state index in [1.807, 2.05) is 0 Å². The number of sulfone groups is 1. The highest BCUT2D eigenvalue weighted by atomic mass is 32.2. The first-order chi connectivity index (χ1) is 14.3. The number of carbonyl (C=O) groups excluding carboxylic acids is 4. The van der Waals surface area contributed by atoms with Gasteiger partial charge in [0.15, 0.2) is 9.84 Å². The molecule has 1 unspecified atom stereocenters. The minimum absolute atomic E-state index is 0.00300. The molecule has 0 N–H and O–H groups in total. The lowest BCUT2D eigenvalue weighted by Gasteiger charge is -2.49. The second-order valence-electron chi connectivity index (χ2n) is 9.17. The maximum absolute atomic E-state index is 12.9. The summed E-state index contributed by atoms with van der Waals surface area (Å²) in [5.41, 5.74) is -1.54. The van der Waals surface area contributed by atoms with E-state index in [0.717, 1.165) is 0 Å². The lowest BCUT2D eigenvalue weighted by molar-refractivity contribution is -0.180. The van der Waals surface area contributed by atoms with Crippen LogP contribution < -0.4 is 0 Å². The van der Waals surface area contributed by atoms with Gasteiger partial charge >= 0.3 is 12.1 Å². The highest BCUT2D eigenvalue weighted by Crippen LogP contribution is 2.46. The van der Waals surface area contributed by atoms with E-state index < -0.39 is 56.4 Å². The van der Waals surface area contributed by atoms with Gasteiger partial charge in [-0.15, -0.1) is 0 Å². The number of hydroxylamine groups is 2. The third-order valence-corrected chi connectivity index (χ3v) is 7.41. The monoisotopic (exact) mass is 450 g/mol. The van der Waals surface area contributed by atoms with Crippen LogP contribution in [0, 0.1) is 11.3 Å². The Bertz CT molecular complexity index is 1060. The fraction of sp³-hybridized carbons (Fsp3) is 0.500. The Kier molecular flexibility index (Phi) is 4.65. The summed E-state index contributed by atoms with van der Waals surface area (Å²) < 4.78 is 29.9. The largest absolute Gasteiger partial charge is 0.444 e. The molecule has 1 aromatic rings. The smallest absolute Gasteiger partial charge is 0.410 e. The van der Waals surface area contributed by atoms with Gasteiger partial charge in [0.2, 0.25) is 0 Å². The van der Waals surface area contributed by atoms with Crippen LogP contribution in [0.25, 0.3) is 0 Å². The second kappa shape index (κ2) is 6.78. The predicted octanol–water partition coefficient (Wildman–Crippen LogP) is 1.02. The summed E-state index contributed by atoms with van der Waals surface area (Å²) in [7, 11) is -3.58. The number of hydrogen-bond donors (Lipinski definition) is 0. The second-order valence-corrected chi connectivity index (χ2v) is 11.3. The van der Waals surface area contributed by atoms with E-state index in [9.17, 15) is 27.6 Å². The Balaban J connectivity index is 1.50. The van der Waals surface area contributed by atoms with Crippen molar-refractivity contribution in [1.29, 1.82) is 0 Å². The molecule has 4 rings (SSSR count). The van der Waals surface area contributed by atoms with E-state index in [2.05, 4.69) is 0 Å². The maximum Gasteiger partial charge on any atom is 0.410 e. The number of benzene rings is 1. The zero-order valence-corrected chi connectivity index (χ0v) is 18.1. The van der Waals surface area contributed by atoms with Crippen LogP contribution in [0.15, 0.2) is 24.3 Å². The number of amides is 3. The summed E-state index contributed by atoms with van der Waals surface area (Å²) in [6.45, 7) is 5.14. The fourth-order valence-corrected chi connectivity index (χ4v) is 6.61. The number of fused-ring (bicyclic) bond motifs is 1. The third kappa shape index (κ3) is 3.67. The summed E-state index contributed by atoms with van der Waals surface area (Å²) >= 11 is 0. The standard InChI is InChI=1S/C20H22N2O8S/c1-19(2,3)29-18(26)21-9-20(10-21)11-31(27,28)8-14(20)17(25)30-22-15(23)12-6-4-5-7-13(12)16(22)24/h4-7,14H,8-11H2,1-3H3. The van der Waals surface area contributed by atoms with Crippen LogP contribution in [0.1, 0.15) is 41.5 Å². The highest BCUT2D eigenvalue weighted by molar-refractivity contribution is 7.91. The van der Waals surface area contributed by atoms with Gasteiger partial charge in [0, 0.05) is 18.5 Å². The zero-order valence-electron chi connectivity index (χ0n) is 17.3. The molecular weight excluding hydrogens is 428 g/mol. The number of likely N-dealkylation sites (tertiary alicyclic amines) is 1. The maximum atomic E-state index is 12.9.